The Bertz CT molecular complexity index is 830. The Morgan fingerprint density at radius 2 is 2.19 bits per heavy atom. The molecule has 8 nitrogen and oxygen atoms in total. The zero-order valence-corrected chi connectivity index (χ0v) is 14.1. The van der Waals surface area contributed by atoms with Gasteiger partial charge in [0.15, 0.2) is 17.1 Å². The van der Waals surface area contributed by atoms with Crippen LogP contribution in [-0.2, 0) is 0 Å². The minimum atomic E-state index is -1.14. The van der Waals surface area contributed by atoms with Gasteiger partial charge in [0.05, 0.1) is 6.04 Å². The van der Waals surface area contributed by atoms with Crippen LogP contribution in [0.3, 0.4) is 0 Å². The van der Waals surface area contributed by atoms with E-state index in [1.54, 1.807) is 23.1 Å². The van der Waals surface area contributed by atoms with Crippen LogP contribution in [0.25, 0.3) is 0 Å². The molecule has 2 fully saturated rings. The molecule has 1 aliphatic carbocycles. The first-order chi connectivity index (χ1) is 12.6. The Hall–Kier alpha value is -2.90. The highest BCUT2D eigenvalue weighted by molar-refractivity contribution is 5.92. The molecule has 26 heavy (non-hydrogen) atoms. The first-order valence-corrected chi connectivity index (χ1v) is 8.72. The molecule has 1 aliphatic heterocycles. The van der Waals surface area contributed by atoms with Crippen LogP contribution >= 0.6 is 0 Å². The van der Waals surface area contributed by atoms with E-state index in [1.807, 2.05) is 0 Å². The van der Waals surface area contributed by atoms with Crippen LogP contribution in [0.5, 0.6) is 5.75 Å². The van der Waals surface area contributed by atoms with Gasteiger partial charge in [0, 0.05) is 24.7 Å². The van der Waals surface area contributed by atoms with Gasteiger partial charge in [0.2, 0.25) is 0 Å². The number of rotatable bonds is 6. The lowest BCUT2D eigenvalue weighted by Gasteiger charge is -2.24. The van der Waals surface area contributed by atoms with Crippen LogP contribution in [0.1, 0.15) is 58.3 Å². The zero-order valence-electron chi connectivity index (χ0n) is 14.1. The number of hydrogen-bond donors (Lipinski definition) is 1. The lowest BCUT2D eigenvalue weighted by atomic mass is 10.2. The van der Waals surface area contributed by atoms with Crippen molar-refractivity contribution in [2.24, 2.45) is 0 Å². The molecule has 1 atom stereocenters. The van der Waals surface area contributed by atoms with Gasteiger partial charge in [0.1, 0.15) is 12.4 Å². The third-order valence-electron chi connectivity index (χ3n) is 4.77. The van der Waals surface area contributed by atoms with E-state index in [0.29, 0.717) is 18.2 Å². The molecule has 0 radical (unpaired) electrons. The van der Waals surface area contributed by atoms with Crippen molar-refractivity contribution in [2.75, 3.05) is 13.2 Å². The van der Waals surface area contributed by atoms with Crippen molar-refractivity contribution in [3.05, 3.63) is 41.5 Å². The number of hydrogen-bond acceptors (Lipinski definition) is 6. The van der Waals surface area contributed by atoms with Gasteiger partial charge in [-0.05, 0) is 37.8 Å². The van der Waals surface area contributed by atoms with Gasteiger partial charge >= 0.3 is 5.97 Å². The number of carbonyl (C=O) groups is 2. The molecule has 1 N–H and O–H groups in total. The highest BCUT2D eigenvalue weighted by atomic mass is 16.5. The third kappa shape index (κ3) is 3.26. The van der Waals surface area contributed by atoms with E-state index in [-0.39, 0.29) is 30.0 Å². The summed E-state index contributed by atoms with van der Waals surface area (Å²) in [7, 11) is 0. The van der Waals surface area contributed by atoms with Crippen LogP contribution in [0, 0.1) is 0 Å². The van der Waals surface area contributed by atoms with Crippen LogP contribution in [0.4, 0.5) is 0 Å². The summed E-state index contributed by atoms with van der Waals surface area (Å²) in [5.41, 5.74) is 0.195. The molecule has 1 amide bonds. The van der Waals surface area contributed by atoms with Gasteiger partial charge in [-0.2, -0.15) is 0 Å². The minimum Gasteiger partial charge on any atom is -0.489 e. The molecule has 3 heterocycles. The fourth-order valence-corrected chi connectivity index (χ4v) is 3.23. The first kappa shape index (κ1) is 16.6. The molecule has 1 saturated carbocycles. The molecule has 0 aromatic carbocycles. The van der Waals surface area contributed by atoms with E-state index in [0.717, 1.165) is 31.4 Å². The van der Waals surface area contributed by atoms with Gasteiger partial charge < -0.3 is 19.3 Å². The average Bonchev–Trinajstić information content (AvgIpc) is 3.19. The number of amides is 1. The predicted octanol–water partition coefficient (Wildman–Crippen LogP) is 2.33. The fraction of sp³-hybridized carbons (Fsp3) is 0.444. The van der Waals surface area contributed by atoms with Crippen molar-refractivity contribution in [3.8, 4) is 5.75 Å². The summed E-state index contributed by atoms with van der Waals surface area (Å²) in [6, 6.07) is 4.79. The maximum atomic E-state index is 12.7. The Kier molecular flexibility index (Phi) is 4.32. The van der Waals surface area contributed by atoms with Crippen molar-refractivity contribution < 1.29 is 24.0 Å². The summed E-state index contributed by atoms with van der Waals surface area (Å²) < 4.78 is 10.9. The highest BCUT2D eigenvalue weighted by Gasteiger charge is 2.34. The molecule has 4 rings (SSSR count). The summed E-state index contributed by atoms with van der Waals surface area (Å²) in [6.07, 6.45) is 5.23. The number of pyridine rings is 1. The number of likely N-dealkylation sites (tertiary alicyclic amines) is 1. The summed E-state index contributed by atoms with van der Waals surface area (Å²) in [6.45, 7) is 0.836. The number of nitrogens with zero attached hydrogens (tertiary/aromatic N) is 3. The van der Waals surface area contributed by atoms with Crippen LogP contribution in [0.2, 0.25) is 0 Å². The van der Waals surface area contributed by atoms with E-state index in [2.05, 4.69) is 10.1 Å². The topological polar surface area (TPSA) is 106 Å². The molecule has 2 aromatic rings. The predicted molar refractivity (Wildman–Crippen MR) is 89.2 cm³/mol. The van der Waals surface area contributed by atoms with Gasteiger partial charge in [-0.15, -0.1) is 0 Å². The lowest BCUT2D eigenvalue weighted by Crippen LogP contribution is -2.39. The maximum Gasteiger partial charge on any atom is 0.358 e. The Morgan fingerprint density at radius 1 is 1.35 bits per heavy atom. The number of aromatic carboxylic acids is 1. The van der Waals surface area contributed by atoms with E-state index in [1.165, 1.54) is 6.20 Å². The van der Waals surface area contributed by atoms with Gasteiger partial charge in [-0.25, -0.2) is 9.78 Å². The second-order valence-corrected chi connectivity index (χ2v) is 6.65. The van der Waals surface area contributed by atoms with Crippen molar-refractivity contribution in [2.45, 2.75) is 37.6 Å². The smallest absolute Gasteiger partial charge is 0.358 e. The summed E-state index contributed by atoms with van der Waals surface area (Å²) in [5.74, 6) is 0.0758. The standard InChI is InChI=1S/C18H19N3O5/c22-17(13-9-15(26-20-13)11-5-6-11)21-8-2-3-12(21)10-25-14-4-1-7-19-16(14)18(23)24/h1,4,7,9,11-12H,2-3,5-6,8,10H2,(H,23,24). The van der Waals surface area contributed by atoms with Crippen LogP contribution in [0.15, 0.2) is 28.9 Å². The van der Waals surface area contributed by atoms with Crippen LogP contribution < -0.4 is 4.74 Å². The summed E-state index contributed by atoms with van der Waals surface area (Å²) in [5, 5.41) is 13.1. The molecule has 0 spiro atoms. The van der Waals surface area contributed by atoms with Crippen molar-refractivity contribution in [1.29, 1.82) is 0 Å². The van der Waals surface area contributed by atoms with E-state index in [9.17, 15) is 14.7 Å². The average molecular weight is 357 g/mol. The highest BCUT2D eigenvalue weighted by Crippen LogP contribution is 2.40. The van der Waals surface area contributed by atoms with Crippen molar-refractivity contribution in [3.63, 3.8) is 0 Å². The molecule has 0 bridgehead atoms. The summed E-state index contributed by atoms with van der Waals surface area (Å²) in [4.78, 5) is 29.5. The largest absolute Gasteiger partial charge is 0.489 e. The van der Waals surface area contributed by atoms with Gasteiger partial charge in [-0.1, -0.05) is 5.16 Å². The molecule has 8 heteroatoms. The van der Waals surface area contributed by atoms with Crippen molar-refractivity contribution in [1.82, 2.24) is 15.0 Å². The second kappa shape index (κ2) is 6.78. The number of carbonyl (C=O) groups excluding carboxylic acids is 1. The molecular weight excluding hydrogens is 338 g/mol. The number of aromatic nitrogens is 2. The number of ether oxygens (including phenoxy) is 1. The Morgan fingerprint density at radius 3 is 2.96 bits per heavy atom. The van der Waals surface area contributed by atoms with Crippen molar-refractivity contribution >= 4 is 11.9 Å². The molecule has 1 saturated heterocycles. The molecule has 136 valence electrons. The van der Waals surface area contributed by atoms with E-state index < -0.39 is 5.97 Å². The first-order valence-electron chi connectivity index (χ1n) is 8.72. The molecule has 2 aliphatic rings. The molecular formula is C18H19N3O5. The summed E-state index contributed by atoms with van der Waals surface area (Å²) >= 11 is 0. The maximum absolute atomic E-state index is 12.7. The fourth-order valence-electron chi connectivity index (χ4n) is 3.23. The minimum absolute atomic E-state index is 0.131. The van der Waals surface area contributed by atoms with E-state index in [4.69, 9.17) is 9.26 Å². The second-order valence-electron chi connectivity index (χ2n) is 6.65. The number of carboxylic acids is 1. The third-order valence-corrected chi connectivity index (χ3v) is 4.77. The quantitative estimate of drug-likeness (QED) is 0.845. The molecule has 1 unspecified atom stereocenters. The molecule has 2 aromatic heterocycles. The zero-order chi connectivity index (χ0) is 18.1. The normalized spacial score (nSPS) is 19.5. The SMILES string of the molecule is O=C(O)c1ncccc1OCC1CCCN1C(=O)c1cc(C2CC2)on1. The van der Waals surface area contributed by atoms with E-state index >= 15 is 0 Å². The Balaban J connectivity index is 1.43. The Labute approximate surface area is 149 Å². The van der Waals surface area contributed by atoms with Gasteiger partial charge in [0.25, 0.3) is 5.91 Å². The van der Waals surface area contributed by atoms with Gasteiger partial charge in [-0.3, -0.25) is 4.79 Å². The lowest BCUT2D eigenvalue weighted by molar-refractivity contribution is 0.0652. The van der Waals surface area contributed by atoms with Crippen LogP contribution in [-0.4, -0.2) is 51.2 Å². The number of carboxylic acid groups (broad SMARTS) is 1. The monoisotopic (exact) mass is 357 g/mol.